The molecule has 13 heavy (non-hydrogen) atoms. The van der Waals surface area contributed by atoms with Gasteiger partial charge in [0.05, 0.1) is 25.2 Å². The number of rotatable bonds is 3. The van der Waals surface area contributed by atoms with Crippen LogP contribution in [0.4, 0.5) is 0 Å². The first-order valence-corrected chi connectivity index (χ1v) is 4.91. The molecule has 0 saturated carbocycles. The van der Waals surface area contributed by atoms with E-state index in [1.165, 1.54) is 0 Å². The zero-order valence-corrected chi connectivity index (χ0v) is 7.91. The third-order valence-electron chi connectivity index (χ3n) is 3.02. The molecule has 3 N–H and O–H groups in total. The summed E-state index contributed by atoms with van der Waals surface area (Å²) in [4.78, 5) is 2.34. The fourth-order valence-electron chi connectivity index (χ4n) is 2.10. The first-order valence-electron chi connectivity index (χ1n) is 4.91. The molecule has 2 aliphatic heterocycles. The van der Waals surface area contributed by atoms with Crippen molar-refractivity contribution < 1.29 is 9.84 Å². The van der Waals surface area contributed by atoms with Crippen LogP contribution in [0, 0.1) is 5.41 Å². The molecule has 0 aliphatic carbocycles. The minimum absolute atomic E-state index is 0.0179. The molecule has 0 aromatic rings. The van der Waals surface area contributed by atoms with Crippen molar-refractivity contribution in [2.75, 3.05) is 39.5 Å². The Labute approximate surface area is 78.7 Å². The molecule has 4 nitrogen and oxygen atoms in total. The number of hydrogen-bond acceptors (Lipinski definition) is 4. The Morgan fingerprint density at radius 3 is 2.69 bits per heavy atom. The van der Waals surface area contributed by atoms with Crippen molar-refractivity contribution in [3.63, 3.8) is 0 Å². The highest BCUT2D eigenvalue weighted by molar-refractivity contribution is 4.90. The lowest BCUT2D eigenvalue weighted by atomic mass is 9.86. The van der Waals surface area contributed by atoms with Crippen LogP contribution in [0.15, 0.2) is 0 Å². The van der Waals surface area contributed by atoms with Crippen molar-refractivity contribution in [3.8, 4) is 0 Å². The third-order valence-corrected chi connectivity index (χ3v) is 3.02. The van der Waals surface area contributed by atoms with Crippen molar-refractivity contribution in [1.29, 1.82) is 0 Å². The third kappa shape index (κ3) is 1.86. The number of nitrogens with zero attached hydrogens (tertiary/aromatic N) is 1. The first-order chi connectivity index (χ1) is 6.24. The fraction of sp³-hybridized carbons (Fsp3) is 1.00. The van der Waals surface area contributed by atoms with E-state index in [0.717, 1.165) is 26.1 Å². The highest BCUT2D eigenvalue weighted by atomic mass is 16.5. The van der Waals surface area contributed by atoms with E-state index < -0.39 is 0 Å². The van der Waals surface area contributed by atoms with Crippen LogP contribution < -0.4 is 5.73 Å². The summed E-state index contributed by atoms with van der Waals surface area (Å²) in [7, 11) is 0. The number of hydrogen-bond donors (Lipinski definition) is 2. The largest absolute Gasteiger partial charge is 0.396 e. The standard InChI is InChI=1S/C9H18N2O2/c10-8-1-2-11(3-8)4-9(5-12)6-13-7-9/h8,12H,1-7,10H2. The van der Waals surface area contributed by atoms with Gasteiger partial charge in [-0.25, -0.2) is 0 Å². The summed E-state index contributed by atoms with van der Waals surface area (Å²) in [5.74, 6) is 0. The lowest BCUT2D eigenvalue weighted by Crippen LogP contribution is -2.53. The monoisotopic (exact) mass is 186 g/mol. The molecule has 4 heteroatoms. The summed E-state index contributed by atoms with van der Waals surface area (Å²) in [6, 6.07) is 0.330. The molecule has 2 heterocycles. The summed E-state index contributed by atoms with van der Waals surface area (Å²) in [6.07, 6.45) is 1.09. The fourth-order valence-corrected chi connectivity index (χ4v) is 2.10. The highest BCUT2D eigenvalue weighted by Gasteiger charge is 2.40. The average molecular weight is 186 g/mol. The average Bonchev–Trinajstić information content (AvgIpc) is 2.44. The molecule has 0 amide bonds. The Kier molecular flexibility index (Phi) is 2.55. The van der Waals surface area contributed by atoms with Crippen molar-refractivity contribution >= 4 is 0 Å². The molecule has 0 radical (unpaired) electrons. The van der Waals surface area contributed by atoms with Gasteiger partial charge in [-0.05, 0) is 13.0 Å². The summed E-state index contributed by atoms with van der Waals surface area (Å²) < 4.78 is 5.15. The van der Waals surface area contributed by atoms with Crippen molar-refractivity contribution in [2.45, 2.75) is 12.5 Å². The maximum Gasteiger partial charge on any atom is 0.0579 e. The van der Waals surface area contributed by atoms with Gasteiger partial charge in [0.25, 0.3) is 0 Å². The van der Waals surface area contributed by atoms with Gasteiger partial charge < -0.3 is 20.5 Å². The lowest BCUT2D eigenvalue weighted by Gasteiger charge is -2.42. The number of aliphatic hydroxyl groups excluding tert-OH is 1. The van der Waals surface area contributed by atoms with Crippen LogP contribution in [0.3, 0.4) is 0 Å². The number of likely N-dealkylation sites (tertiary alicyclic amines) is 1. The smallest absolute Gasteiger partial charge is 0.0579 e. The number of aliphatic hydroxyl groups is 1. The zero-order valence-electron chi connectivity index (χ0n) is 7.91. The Morgan fingerprint density at radius 1 is 1.54 bits per heavy atom. The Morgan fingerprint density at radius 2 is 2.31 bits per heavy atom. The molecule has 1 atom stereocenters. The van der Waals surface area contributed by atoms with Crippen LogP contribution >= 0.6 is 0 Å². The molecule has 0 bridgehead atoms. The van der Waals surface area contributed by atoms with E-state index in [1.807, 2.05) is 0 Å². The predicted octanol–water partition coefficient (Wildman–Crippen LogP) is -0.972. The van der Waals surface area contributed by atoms with E-state index in [0.29, 0.717) is 19.3 Å². The molecule has 2 fully saturated rings. The van der Waals surface area contributed by atoms with Crippen LogP contribution in [0.25, 0.3) is 0 Å². The van der Waals surface area contributed by atoms with Gasteiger partial charge >= 0.3 is 0 Å². The Bertz CT molecular complexity index is 177. The highest BCUT2D eigenvalue weighted by Crippen LogP contribution is 2.28. The van der Waals surface area contributed by atoms with E-state index in [1.54, 1.807) is 0 Å². The summed E-state index contributed by atoms with van der Waals surface area (Å²) in [5, 5.41) is 9.22. The van der Waals surface area contributed by atoms with Crippen LogP contribution in [-0.4, -0.2) is 55.5 Å². The molecule has 1 unspecified atom stereocenters. The molecule has 2 saturated heterocycles. The van der Waals surface area contributed by atoms with Gasteiger partial charge in [-0.3, -0.25) is 0 Å². The minimum atomic E-state index is 0.0179. The Balaban J connectivity index is 1.83. The van der Waals surface area contributed by atoms with E-state index in [-0.39, 0.29) is 12.0 Å². The van der Waals surface area contributed by atoms with Gasteiger partial charge in [0.15, 0.2) is 0 Å². The molecule has 76 valence electrons. The summed E-state index contributed by atoms with van der Waals surface area (Å²) in [5.41, 5.74) is 5.83. The molecular formula is C9H18N2O2. The lowest BCUT2D eigenvalue weighted by molar-refractivity contribution is -0.146. The number of ether oxygens (including phenoxy) is 1. The molecule has 0 aromatic heterocycles. The van der Waals surface area contributed by atoms with Gasteiger partial charge in [0.1, 0.15) is 0 Å². The van der Waals surface area contributed by atoms with E-state index >= 15 is 0 Å². The second-order valence-corrected chi connectivity index (χ2v) is 4.43. The molecule has 0 spiro atoms. The zero-order chi connectivity index (χ0) is 9.31. The quantitative estimate of drug-likeness (QED) is 0.595. The first kappa shape index (κ1) is 9.40. The Hall–Kier alpha value is -0.160. The second-order valence-electron chi connectivity index (χ2n) is 4.43. The summed E-state index contributed by atoms with van der Waals surface area (Å²) in [6.45, 7) is 4.63. The van der Waals surface area contributed by atoms with E-state index in [4.69, 9.17) is 10.5 Å². The van der Waals surface area contributed by atoms with Crippen LogP contribution in [0.5, 0.6) is 0 Å². The maximum absolute atomic E-state index is 9.22. The van der Waals surface area contributed by atoms with Crippen molar-refractivity contribution in [3.05, 3.63) is 0 Å². The van der Waals surface area contributed by atoms with Gasteiger partial charge in [0, 0.05) is 19.1 Å². The van der Waals surface area contributed by atoms with Crippen molar-refractivity contribution in [1.82, 2.24) is 4.90 Å². The van der Waals surface area contributed by atoms with Gasteiger partial charge in [-0.1, -0.05) is 0 Å². The molecular weight excluding hydrogens is 168 g/mol. The van der Waals surface area contributed by atoms with Crippen LogP contribution in [-0.2, 0) is 4.74 Å². The minimum Gasteiger partial charge on any atom is -0.396 e. The summed E-state index contributed by atoms with van der Waals surface area (Å²) >= 11 is 0. The topological polar surface area (TPSA) is 58.7 Å². The van der Waals surface area contributed by atoms with Gasteiger partial charge in [-0.2, -0.15) is 0 Å². The van der Waals surface area contributed by atoms with Crippen LogP contribution in [0.2, 0.25) is 0 Å². The van der Waals surface area contributed by atoms with Gasteiger partial charge in [0.2, 0.25) is 0 Å². The second kappa shape index (κ2) is 3.53. The predicted molar refractivity (Wildman–Crippen MR) is 49.4 cm³/mol. The van der Waals surface area contributed by atoms with Crippen molar-refractivity contribution in [2.24, 2.45) is 11.1 Å². The van der Waals surface area contributed by atoms with Gasteiger partial charge in [-0.15, -0.1) is 0 Å². The maximum atomic E-state index is 9.22. The molecule has 2 aliphatic rings. The van der Waals surface area contributed by atoms with E-state index in [2.05, 4.69) is 4.90 Å². The normalized spacial score (nSPS) is 33.2. The SMILES string of the molecule is NC1CCN(CC2(CO)COC2)C1. The molecule has 2 rings (SSSR count). The number of nitrogens with two attached hydrogens (primary N) is 1. The molecule has 0 aromatic carbocycles. The van der Waals surface area contributed by atoms with Crippen LogP contribution in [0.1, 0.15) is 6.42 Å². The van der Waals surface area contributed by atoms with E-state index in [9.17, 15) is 5.11 Å².